The maximum atomic E-state index is 12.0. The number of thiazole rings is 1. The lowest BCUT2D eigenvalue weighted by molar-refractivity contribution is 0.103. The van der Waals surface area contributed by atoms with Crippen LogP contribution in [0.25, 0.3) is 0 Å². The van der Waals surface area contributed by atoms with Gasteiger partial charge in [0.05, 0.1) is 16.1 Å². The number of ketones is 1. The summed E-state index contributed by atoms with van der Waals surface area (Å²) in [5, 5.41) is 8.42. The molecule has 0 saturated carbocycles. The Morgan fingerprint density at radius 2 is 2.33 bits per heavy atom. The molecule has 0 fully saturated rings. The van der Waals surface area contributed by atoms with Crippen LogP contribution in [0.4, 0.5) is 0 Å². The molecular formula is C9H10N4OS. The van der Waals surface area contributed by atoms with Crippen molar-refractivity contribution in [1.82, 2.24) is 20.0 Å². The summed E-state index contributed by atoms with van der Waals surface area (Å²) < 4.78 is 1.58. The minimum Gasteiger partial charge on any atom is -0.286 e. The second-order valence-electron chi connectivity index (χ2n) is 3.01. The molecule has 2 rings (SSSR count). The number of hydrogen-bond acceptors (Lipinski definition) is 5. The van der Waals surface area contributed by atoms with Gasteiger partial charge in [0.1, 0.15) is 5.69 Å². The average Bonchev–Trinajstić information content (AvgIpc) is 2.84. The molecule has 0 amide bonds. The number of carbonyl (C=O) groups excluding carboxylic acids is 1. The van der Waals surface area contributed by atoms with Crippen LogP contribution in [0.3, 0.4) is 0 Å². The zero-order valence-electron chi connectivity index (χ0n) is 8.47. The highest BCUT2D eigenvalue weighted by atomic mass is 32.1. The van der Waals surface area contributed by atoms with E-state index in [-0.39, 0.29) is 5.78 Å². The van der Waals surface area contributed by atoms with Crippen LogP contribution >= 0.6 is 11.3 Å². The van der Waals surface area contributed by atoms with Crippen LogP contribution in [-0.4, -0.2) is 25.8 Å². The third kappa shape index (κ3) is 1.80. The van der Waals surface area contributed by atoms with Gasteiger partial charge in [-0.15, -0.1) is 16.4 Å². The molecule has 0 aromatic carbocycles. The first-order valence-electron chi connectivity index (χ1n) is 4.58. The SMILES string of the molecule is CCn1nncc1C(=O)c1cnc(C)s1. The van der Waals surface area contributed by atoms with Gasteiger partial charge in [-0.1, -0.05) is 5.21 Å². The number of aryl methyl sites for hydroxylation is 2. The van der Waals surface area contributed by atoms with Gasteiger partial charge >= 0.3 is 0 Å². The Bertz CT molecular complexity index is 488. The smallest absolute Gasteiger partial charge is 0.224 e. The molecule has 2 heterocycles. The minimum absolute atomic E-state index is 0.0625. The Labute approximate surface area is 90.8 Å². The number of aromatic nitrogens is 4. The van der Waals surface area contributed by atoms with Crippen LogP contribution < -0.4 is 0 Å². The van der Waals surface area contributed by atoms with Gasteiger partial charge < -0.3 is 0 Å². The Hall–Kier alpha value is -1.56. The molecule has 2 aromatic heterocycles. The highest BCUT2D eigenvalue weighted by Crippen LogP contribution is 2.15. The molecule has 0 N–H and O–H groups in total. The van der Waals surface area contributed by atoms with E-state index in [1.54, 1.807) is 10.9 Å². The second-order valence-corrected chi connectivity index (χ2v) is 4.24. The third-order valence-electron chi connectivity index (χ3n) is 1.99. The second kappa shape index (κ2) is 3.90. The van der Waals surface area contributed by atoms with Crippen LogP contribution in [0.5, 0.6) is 0 Å². The summed E-state index contributed by atoms with van der Waals surface area (Å²) >= 11 is 1.38. The predicted octanol–water partition coefficient (Wildman–Crippen LogP) is 1.29. The standard InChI is InChI=1S/C9H10N4OS/c1-3-13-7(4-11-12-13)9(14)8-5-10-6(2)15-8/h4-5H,3H2,1-2H3. The molecule has 0 radical (unpaired) electrons. The van der Waals surface area contributed by atoms with E-state index in [0.29, 0.717) is 17.1 Å². The maximum absolute atomic E-state index is 12.0. The fourth-order valence-electron chi connectivity index (χ4n) is 1.26. The number of hydrogen-bond donors (Lipinski definition) is 0. The Balaban J connectivity index is 2.36. The molecular weight excluding hydrogens is 212 g/mol. The van der Waals surface area contributed by atoms with E-state index in [0.717, 1.165) is 5.01 Å². The van der Waals surface area contributed by atoms with E-state index >= 15 is 0 Å². The molecule has 0 saturated heterocycles. The highest BCUT2D eigenvalue weighted by molar-refractivity contribution is 7.13. The monoisotopic (exact) mass is 222 g/mol. The molecule has 0 spiro atoms. The normalized spacial score (nSPS) is 10.5. The van der Waals surface area contributed by atoms with Crippen molar-refractivity contribution in [3.05, 3.63) is 28.0 Å². The summed E-state index contributed by atoms with van der Waals surface area (Å²) in [6.07, 6.45) is 3.08. The molecule has 0 aliphatic heterocycles. The zero-order valence-corrected chi connectivity index (χ0v) is 9.28. The lowest BCUT2D eigenvalue weighted by atomic mass is 10.3. The van der Waals surface area contributed by atoms with E-state index in [1.807, 2.05) is 13.8 Å². The summed E-state index contributed by atoms with van der Waals surface area (Å²) in [4.78, 5) is 16.6. The lowest BCUT2D eigenvalue weighted by Crippen LogP contribution is -2.09. The van der Waals surface area contributed by atoms with Crippen molar-refractivity contribution in [3.63, 3.8) is 0 Å². The van der Waals surface area contributed by atoms with Gasteiger partial charge in [0.2, 0.25) is 5.78 Å². The maximum Gasteiger partial charge on any atom is 0.224 e. The molecule has 0 unspecified atom stereocenters. The highest BCUT2D eigenvalue weighted by Gasteiger charge is 2.16. The fraction of sp³-hybridized carbons (Fsp3) is 0.333. The first-order chi connectivity index (χ1) is 7.22. The molecule has 6 heteroatoms. The van der Waals surface area contributed by atoms with Crippen molar-refractivity contribution in [2.45, 2.75) is 20.4 Å². The van der Waals surface area contributed by atoms with Crippen LogP contribution in [-0.2, 0) is 6.54 Å². The molecule has 0 atom stereocenters. The first kappa shape index (κ1) is 9.97. The van der Waals surface area contributed by atoms with Crippen molar-refractivity contribution in [2.24, 2.45) is 0 Å². The largest absolute Gasteiger partial charge is 0.286 e. The van der Waals surface area contributed by atoms with E-state index in [9.17, 15) is 4.79 Å². The van der Waals surface area contributed by atoms with Crippen molar-refractivity contribution >= 4 is 17.1 Å². The van der Waals surface area contributed by atoms with E-state index in [4.69, 9.17) is 0 Å². The summed E-state index contributed by atoms with van der Waals surface area (Å²) in [6, 6.07) is 0. The van der Waals surface area contributed by atoms with Gasteiger partial charge in [-0.2, -0.15) is 0 Å². The van der Waals surface area contributed by atoms with Gasteiger partial charge in [-0.05, 0) is 13.8 Å². The molecule has 15 heavy (non-hydrogen) atoms. The van der Waals surface area contributed by atoms with E-state index in [1.165, 1.54) is 17.5 Å². The van der Waals surface area contributed by atoms with Gasteiger partial charge in [0.15, 0.2) is 0 Å². The van der Waals surface area contributed by atoms with Crippen LogP contribution in [0.1, 0.15) is 27.3 Å². The lowest BCUT2D eigenvalue weighted by Gasteiger charge is -1.98. The van der Waals surface area contributed by atoms with Gasteiger partial charge in [-0.3, -0.25) is 4.79 Å². The van der Waals surface area contributed by atoms with E-state index < -0.39 is 0 Å². The Kier molecular flexibility index (Phi) is 2.59. The molecule has 5 nitrogen and oxygen atoms in total. The number of nitrogens with zero attached hydrogens (tertiary/aromatic N) is 4. The fourth-order valence-corrected chi connectivity index (χ4v) is 1.99. The Morgan fingerprint density at radius 3 is 2.93 bits per heavy atom. The molecule has 0 aliphatic carbocycles. The summed E-state index contributed by atoms with van der Waals surface area (Å²) in [5.74, 6) is -0.0625. The summed E-state index contributed by atoms with van der Waals surface area (Å²) in [7, 11) is 0. The van der Waals surface area contributed by atoms with Crippen molar-refractivity contribution in [2.75, 3.05) is 0 Å². The van der Waals surface area contributed by atoms with E-state index in [2.05, 4.69) is 15.3 Å². The number of carbonyl (C=O) groups is 1. The average molecular weight is 222 g/mol. The van der Waals surface area contributed by atoms with Gasteiger partial charge in [-0.25, -0.2) is 9.67 Å². The molecule has 0 bridgehead atoms. The predicted molar refractivity (Wildman–Crippen MR) is 56.0 cm³/mol. The Morgan fingerprint density at radius 1 is 1.53 bits per heavy atom. The molecule has 2 aromatic rings. The quantitative estimate of drug-likeness (QED) is 0.734. The number of rotatable bonds is 3. The van der Waals surface area contributed by atoms with Crippen LogP contribution in [0, 0.1) is 6.92 Å². The van der Waals surface area contributed by atoms with Gasteiger partial charge in [0.25, 0.3) is 0 Å². The minimum atomic E-state index is -0.0625. The third-order valence-corrected chi connectivity index (χ3v) is 2.91. The van der Waals surface area contributed by atoms with Crippen LogP contribution in [0.2, 0.25) is 0 Å². The van der Waals surface area contributed by atoms with Crippen molar-refractivity contribution < 1.29 is 4.79 Å². The van der Waals surface area contributed by atoms with Crippen molar-refractivity contribution in [3.8, 4) is 0 Å². The van der Waals surface area contributed by atoms with Crippen LogP contribution in [0.15, 0.2) is 12.4 Å². The first-order valence-corrected chi connectivity index (χ1v) is 5.39. The topological polar surface area (TPSA) is 60.7 Å². The molecule has 0 aliphatic rings. The summed E-state index contributed by atoms with van der Waals surface area (Å²) in [5.41, 5.74) is 0.515. The summed E-state index contributed by atoms with van der Waals surface area (Å²) in [6.45, 7) is 4.43. The van der Waals surface area contributed by atoms with Gasteiger partial charge in [0, 0.05) is 12.7 Å². The zero-order chi connectivity index (χ0) is 10.8. The molecule has 78 valence electrons. The van der Waals surface area contributed by atoms with Crippen molar-refractivity contribution in [1.29, 1.82) is 0 Å².